The van der Waals surface area contributed by atoms with Crippen LogP contribution in [0.5, 0.6) is 0 Å². The highest BCUT2D eigenvalue weighted by Crippen LogP contribution is 2.32. The summed E-state index contributed by atoms with van der Waals surface area (Å²) in [5, 5.41) is 20.5. The molecule has 110 valence electrons. The lowest BCUT2D eigenvalue weighted by Gasteiger charge is -2.23. The van der Waals surface area contributed by atoms with Crippen molar-refractivity contribution in [3.8, 4) is 6.07 Å². The van der Waals surface area contributed by atoms with E-state index >= 15 is 0 Å². The van der Waals surface area contributed by atoms with Crippen LogP contribution in [0.2, 0.25) is 0 Å². The molecule has 0 amide bonds. The topological polar surface area (TPSA) is 68.4 Å². The highest BCUT2D eigenvalue weighted by atomic mass is 32.2. The maximum absolute atomic E-state index is 12.8. The standard InChI is InChI=1S/C13H10F3N3OS/c14-13(15,16)10-9(6-17)11(20)19-12(18-10)21-7-8-4-2-1-3-5-8/h1-5,10,20H,7H2,(H,18,19). The molecule has 0 radical (unpaired) electrons. The van der Waals surface area contributed by atoms with E-state index in [9.17, 15) is 18.3 Å². The largest absolute Gasteiger partial charge is 0.494 e. The lowest BCUT2D eigenvalue weighted by atomic mass is 10.1. The smallest absolute Gasteiger partial charge is 0.415 e. The van der Waals surface area contributed by atoms with E-state index in [0.29, 0.717) is 5.75 Å². The lowest BCUT2D eigenvalue weighted by Crippen LogP contribution is -2.38. The van der Waals surface area contributed by atoms with Gasteiger partial charge in [-0.15, -0.1) is 0 Å². The molecule has 4 nitrogen and oxygen atoms in total. The van der Waals surface area contributed by atoms with E-state index in [1.165, 1.54) is 6.07 Å². The maximum atomic E-state index is 12.8. The van der Waals surface area contributed by atoms with Crippen molar-refractivity contribution < 1.29 is 18.3 Å². The van der Waals surface area contributed by atoms with Crippen LogP contribution in [0.4, 0.5) is 13.2 Å². The quantitative estimate of drug-likeness (QED) is 0.880. The Bertz CT molecular complexity index is 620. The van der Waals surface area contributed by atoms with Crippen LogP contribution in [0.3, 0.4) is 0 Å². The number of aliphatic imine (C=N–C) groups is 1. The van der Waals surface area contributed by atoms with E-state index in [-0.39, 0.29) is 5.17 Å². The molecule has 1 atom stereocenters. The zero-order valence-electron chi connectivity index (χ0n) is 10.6. The Hall–Kier alpha value is -2.14. The third kappa shape index (κ3) is 3.70. The van der Waals surface area contributed by atoms with Crippen LogP contribution in [0.1, 0.15) is 5.56 Å². The first-order chi connectivity index (χ1) is 9.91. The second-order valence-corrected chi connectivity index (χ2v) is 5.12. The van der Waals surface area contributed by atoms with E-state index in [2.05, 4.69) is 10.3 Å². The van der Waals surface area contributed by atoms with Gasteiger partial charge in [0, 0.05) is 5.75 Å². The molecule has 0 bridgehead atoms. The number of benzene rings is 1. The number of hydrogen-bond acceptors (Lipinski definition) is 5. The summed E-state index contributed by atoms with van der Waals surface area (Å²) >= 11 is 1.02. The van der Waals surface area contributed by atoms with Crippen molar-refractivity contribution in [3.63, 3.8) is 0 Å². The molecular formula is C13H10F3N3OS. The van der Waals surface area contributed by atoms with E-state index in [4.69, 9.17) is 5.26 Å². The molecule has 0 aliphatic carbocycles. The average Bonchev–Trinajstić information content (AvgIpc) is 2.44. The van der Waals surface area contributed by atoms with Gasteiger partial charge in [-0.2, -0.15) is 18.4 Å². The van der Waals surface area contributed by atoms with Crippen molar-refractivity contribution in [3.05, 3.63) is 47.4 Å². The van der Waals surface area contributed by atoms with Gasteiger partial charge in [-0.3, -0.25) is 0 Å². The number of rotatable bonds is 2. The summed E-state index contributed by atoms with van der Waals surface area (Å²) in [5.41, 5.74) is 0.0802. The third-order valence-corrected chi connectivity index (χ3v) is 3.61. The molecule has 0 saturated carbocycles. The van der Waals surface area contributed by atoms with Gasteiger partial charge in [-0.1, -0.05) is 42.1 Å². The third-order valence-electron chi connectivity index (χ3n) is 2.65. The summed E-state index contributed by atoms with van der Waals surface area (Å²) in [7, 11) is 0. The number of nitrogens with zero attached hydrogens (tertiary/aromatic N) is 2. The van der Waals surface area contributed by atoms with Gasteiger partial charge in [-0.05, 0) is 5.56 Å². The first-order valence-electron chi connectivity index (χ1n) is 5.83. The minimum atomic E-state index is -4.72. The molecule has 1 aliphatic rings. The van der Waals surface area contributed by atoms with Crippen molar-refractivity contribution in [2.45, 2.75) is 18.0 Å². The first-order valence-corrected chi connectivity index (χ1v) is 6.82. The van der Waals surface area contributed by atoms with Gasteiger partial charge in [0.05, 0.1) is 0 Å². The summed E-state index contributed by atoms with van der Waals surface area (Å²) in [4.78, 5) is 3.47. The van der Waals surface area contributed by atoms with Crippen LogP contribution in [0, 0.1) is 11.3 Å². The summed E-state index contributed by atoms with van der Waals surface area (Å²) in [6.45, 7) is 0. The molecule has 0 fully saturated rings. The number of alkyl halides is 3. The second-order valence-electron chi connectivity index (χ2n) is 4.15. The van der Waals surface area contributed by atoms with Gasteiger partial charge in [0.1, 0.15) is 11.6 Å². The van der Waals surface area contributed by atoms with E-state index < -0.39 is 23.7 Å². The number of nitrogens with one attached hydrogen (secondary N) is 1. The Morgan fingerprint density at radius 2 is 2.00 bits per heavy atom. The highest BCUT2D eigenvalue weighted by molar-refractivity contribution is 8.13. The van der Waals surface area contributed by atoms with Crippen LogP contribution in [0.15, 0.2) is 46.8 Å². The fourth-order valence-corrected chi connectivity index (χ4v) is 2.51. The summed E-state index contributed by atoms with van der Waals surface area (Å²) in [5.74, 6) is -0.405. The van der Waals surface area contributed by atoms with Crippen molar-refractivity contribution >= 4 is 16.9 Å². The molecule has 1 aliphatic heterocycles. The van der Waals surface area contributed by atoms with Crippen molar-refractivity contribution in [2.24, 2.45) is 4.99 Å². The summed E-state index contributed by atoms with van der Waals surface area (Å²) < 4.78 is 38.5. The van der Waals surface area contributed by atoms with Gasteiger partial charge < -0.3 is 10.4 Å². The number of amidine groups is 1. The molecule has 1 aromatic carbocycles. The van der Waals surface area contributed by atoms with Crippen LogP contribution in [-0.4, -0.2) is 22.5 Å². The molecule has 1 unspecified atom stereocenters. The summed E-state index contributed by atoms with van der Waals surface area (Å²) in [6.07, 6.45) is -4.72. The van der Waals surface area contributed by atoms with Crippen LogP contribution in [-0.2, 0) is 5.75 Å². The number of nitriles is 1. The van der Waals surface area contributed by atoms with Crippen molar-refractivity contribution in [1.82, 2.24) is 5.32 Å². The number of hydrogen-bond donors (Lipinski definition) is 2. The Labute approximate surface area is 123 Å². The average molecular weight is 313 g/mol. The molecule has 0 spiro atoms. The number of halogens is 3. The van der Waals surface area contributed by atoms with Gasteiger partial charge in [-0.25, -0.2) is 4.99 Å². The Balaban J connectivity index is 2.15. The number of aliphatic hydroxyl groups is 1. The Kier molecular flexibility index (Phi) is 4.43. The molecular weight excluding hydrogens is 303 g/mol. The van der Waals surface area contributed by atoms with Gasteiger partial charge >= 0.3 is 6.18 Å². The molecule has 1 heterocycles. The Morgan fingerprint density at radius 3 is 2.57 bits per heavy atom. The predicted octanol–water partition coefficient (Wildman–Crippen LogP) is 3.10. The van der Waals surface area contributed by atoms with E-state index in [0.717, 1.165) is 17.3 Å². The zero-order chi connectivity index (χ0) is 15.5. The number of aliphatic hydroxyl groups excluding tert-OH is 1. The monoisotopic (exact) mass is 313 g/mol. The van der Waals surface area contributed by atoms with E-state index in [1.54, 1.807) is 0 Å². The van der Waals surface area contributed by atoms with Crippen LogP contribution >= 0.6 is 11.8 Å². The fourth-order valence-electron chi connectivity index (χ4n) is 1.66. The maximum Gasteiger partial charge on any atom is 0.415 e. The SMILES string of the molecule is N#CC1=C(O)NC(SCc2ccccc2)=NC1C(F)(F)F. The lowest BCUT2D eigenvalue weighted by molar-refractivity contribution is -0.138. The molecule has 21 heavy (non-hydrogen) atoms. The van der Waals surface area contributed by atoms with Gasteiger partial charge in [0.15, 0.2) is 11.2 Å². The minimum Gasteiger partial charge on any atom is -0.494 e. The second kappa shape index (κ2) is 6.10. The number of thioether (sulfide) groups is 1. The molecule has 2 N–H and O–H groups in total. The van der Waals surface area contributed by atoms with E-state index in [1.807, 2.05) is 30.3 Å². The van der Waals surface area contributed by atoms with Crippen molar-refractivity contribution in [1.29, 1.82) is 5.26 Å². The van der Waals surface area contributed by atoms with Crippen LogP contribution in [0.25, 0.3) is 0 Å². The molecule has 1 aromatic rings. The molecule has 8 heteroatoms. The summed E-state index contributed by atoms with van der Waals surface area (Å²) in [6, 6.07) is 8.12. The molecule has 2 rings (SSSR count). The first kappa shape index (κ1) is 15.3. The predicted molar refractivity (Wildman–Crippen MR) is 73.4 cm³/mol. The molecule has 0 saturated heterocycles. The molecule has 0 aromatic heterocycles. The normalized spacial score (nSPS) is 18.8. The highest BCUT2D eigenvalue weighted by Gasteiger charge is 2.46. The fraction of sp³-hybridized carbons (Fsp3) is 0.231. The van der Waals surface area contributed by atoms with Crippen molar-refractivity contribution in [2.75, 3.05) is 0 Å². The van der Waals surface area contributed by atoms with Gasteiger partial charge in [0.25, 0.3) is 0 Å². The minimum absolute atomic E-state index is 0.0716. The Morgan fingerprint density at radius 1 is 1.33 bits per heavy atom. The zero-order valence-corrected chi connectivity index (χ0v) is 11.4. The van der Waals surface area contributed by atoms with Gasteiger partial charge in [0.2, 0.25) is 5.88 Å². The van der Waals surface area contributed by atoms with Crippen LogP contribution < -0.4 is 5.32 Å².